The molecular weight excluding hydrogens is 154 g/mol. The summed E-state index contributed by atoms with van der Waals surface area (Å²) in [7, 11) is 1.80. The number of unbranched alkanes of at least 4 members (excludes halogenated alkanes) is 2. The first-order chi connectivity index (χ1) is 5.75. The third kappa shape index (κ3) is 2.21. The fourth-order valence-electron chi connectivity index (χ4n) is 1.25. The molecule has 1 aliphatic heterocycles. The van der Waals surface area contributed by atoms with Gasteiger partial charge in [0.1, 0.15) is 0 Å². The average Bonchev–Trinajstić information content (AvgIpc) is 2.10. The Balaban J connectivity index is 1.98. The van der Waals surface area contributed by atoms with E-state index in [-0.39, 0.29) is 12.0 Å². The summed E-state index contributed by atoms with van der Waals surface area (Å²) in [6, 6.07) is 0. The van der Waals surface area contributed by atoms with Gasteiger partial charge in [-0.3, -0.25) is 4.79 Å². The van der Waals surface area contributed by atoms with Gasteiger partial charge in [0.25, 0.3) is 5.91 Å². The highest BCUT2D eigenvalue weighted by Gasteiger charge is 2.34. The maximum absolute atomic E-state index is 11.0. The maximum atomic E-state index is 11.0. The minimum Gasteiger partial charge on any atom is -0.367 e. The van der Waals surface area contributed by atoms with Crippen LogP contribution in [0.2, 0.25) is 0 Å². The van der Waals surface area contributed by atoms with Crippen LogP contribution in [0.25, 0.3) is 0 Å². The zero-order valence-corrected chi connectivity index (χ0v) is 7.88. The summed E-state index contributed by atoms with van der Waals surface area (Å²) in [6.45, 7) is 3.66. The third-order valence-corrected chi connectivity index (χ3v) is 2.16. The molecule has 1 heterocycles. The summed E-state index contributed by atoms with van der Waals surface area (Å²) in [5, 5.41) is 0. The van der Waals surface area contributed by atoms with Crippen molar-refractivity contribution >= 4 is 5.91 Å². The van der Waals surface area contributed by atoms with E-state index in [1.54, 1.807) is 11.9 Å². The molecule has 0 aliphatic carbocycles. The van der Waals surface area contributed by atoms with Crippen molar-refractivity contribution < 1.29 is 9.53 Å². The van der Waals surface area contributed by atoms with E-state index >= 15 is 0 Å². The minimum atomic E-state index is -0.133. The van der Waals surface area contributed by atoms with Crippen molar-refractivity contribution in [3.8, 4) is 0 Å². The van der Waals surface area contributed by atoms with E-state index in [1.807, 2.05) is 0 Å². The van der Waals surface area contributed by atoms with Crippen molar-refractivity contribution in [2.45, 2.75) is 32.3 Å². The van der Waals surface area contributed by atoms with E-state index in [2.05, 4.69) is 6.92 Å². The highest BCUT2D eigenvalue weighted by Crippen LogP contribution is 2.11. The fourth-order valence-corrected chi connectivity index (χ4v) is 1.25. The standard InChI is InChI=1S/C9H17NO2/c1-3-4-5-6-12-8-7-10(2)9(8)11/h8H,3-7H2,1-2H3. The number of nitrogens with zero attached hydrogens (tertiary/aromatic N) is 1. The Labute approximate surface area is 73.7 Å². The van der Waals surface area contributed by atoms with Gasteiger partial charge in [0.2, 0.25) is 0 Å². The summed E-state index contributed by atoms with van der Waals surface area (Å²) in [6.07, 6.45) is 3.33. The summed E-state index contributed by atoms with van der Waals surface area (Å²) in [5.41, 5.74) is 0. The molecule has 0 aromatic carbocycles. The molecule has 0 bridgehead atoms. The molecule has 3 heteroatoms. The number of likely N-dealkylation sites (tertiary alicyclic amines) is 1. The lowest BCUT2D eigenvalue weighted by Gasteiger charge is -2.34. The average molecular weight is 171 g/mol. The van der Waals surface area contributed by atoms with Gasteiger partial charge in [-0.05, 0) is 6.42 Å². The molecule has 1 atom stereocenters. The molecule has 0 radical (unpaired) electrons. The predicted octanol–water partition coefficient (Wildman–Crippen LogP) is 1.03. The molecule has 70 valence electrons. The van der Waals surface area contributed by atoms with E-state index in [9.17, 15) is 4.79 Å². The Bertz CT molecular complexity index is 159. The Kier molecular flexibility index (Phi) is 3.53. The Morgan fingerprint density at radius 1 is 1.58 bits per heavy atom. The predicted molar refractivity (Wildman–Crippen MR) is 46.9 cm³/mol. The summed E-state index contributed by atoms with van der Waals surface area (Å²) in [4.78, 5) is 12.7. The van der Waals surface area contributed by atoms with Crippen molar-refractivity contribution in [2.24, 2.45) is 0 Å². The van der Waals surface area contributed by atoms with Gasteiger partial charge >= 0.3 is 0 Å². The molecule has 1 saturated heterocycles. The first-order valence-corrected chi connectivity index (χ1v) is 4.62. The quantitative estimate of drug-likeness (QED) is 0.457. The molecule has 0 saturated carbocycles. The van der Waals surface area contributed by atoms with Crippen LogP contribution in [0.4, 0.5) is 0 Å². The van der Waals surface area contributed by atoms with Crippen molar-refractivity contribution in [3.63, 3.8) is 0 Å². The minimum absolute atomic E-state index is 0.131. The van der Waals surface area contributed by atoms with Crippen LogP contribution in [0.3, 0.4) is 0 Å². The molecule has 0 spiro atoms. The molecule has 1 unspecified atom stereocenters. The summed E-state index contributed by atoms with van der Waals surface area (Å²) < 4.78 is 5.37. The van der Waals surface area contributed by atoms with Gasteiger partial charge in [-0.2, -0.15) is 0 Å². The number of hydrogen-bond acceptors (Lipinski definition) is 2. The van der Waals surface area contributed by atoms with E-state index < -0.39 is 0 Å². The third-order valence-electron chi connectivity index (χ3n) is 2.16. The number of carbonyl (C=O) groups is 1. The molecule has 1 rings (SSSR count). The summed E-state index contributed by atoms with van der Waals surface area (Å²) in [5.74, 6) is 0.131. The van der Waals surface area contributed by atoms with Crippen molar-refractivity contribution in [3.05, 3.63) is 0 Å². The second-order valence-electron chi connectivity index (χ2n) is 3.29. The summed E-state index contributed by atoms with van der Waals surface area (Å²) >= 11 is 0. The van der Waals surface area contributed by atoms with Gasteiger partial charge in [0.15, 0.2) is 6.10 Å². The van der Waals surface area contributed by atoms with Gasteiger partial charge in [0, 0.05) is 13.7 Å². The van der Waals surface area contributed by atoms with Gasteiger partial charge < -0.3 is 9.64 Å². The lowest BCUT2D eigenvalue weighted by Crippen LogP contribution is -2.55. The zero-order chi connectivity index (χ0) is 8.97. The maximum Gasteiger partial charge on any atom is 0.253 e. The first kappa shape index (κ1) is 9.52. The van der Waals surface area contributed by atoms with Crippen molar-refractivity contribution in [2.75, 3.05) is 20.2 Å². The van der Waals surface area contributed by atoms with Gasteiger partial charge in [-0.15, -0.1) is 0 Å². The second kappa shape index (κ2) is 4.45. The van der Waals surface area contributed by atoms with Crippen LogP contribution >= 0.6 is 0 Å². The van der Waals surface area contributed by atoms with Crippen LogP contribution in [-0.2, 0) is 9.53 Å². The molecule has 1 aliphatic rings. The largest absolute Gasteiger partial charge is 0.367 e. The normalized spacial score (nSPS) is 22.7. The SMILES string of the molecule is CCCCCOC1CN(C)C1=O. The van der Waals surface area contributed by atoms with Crippen molar-refractivity contribution in [1.29, 1.82) is 0 Å². The van der Waals surface area contributed by atoms with E-state index in [0.717, 1.165) is 19.6 Å². The molecule has 12 heavy (non-hydrogen) atoms. The molecule has 0 aromatic rings. The number of carbonyl (C=O) groups excluding carboxylic acids is 1. The fraction of sp³-hybridized carbons (Fsp3) is 0.889. The molecule has 1 fully saturated rings. The van der Waals surface area contributed by atoms with Crippen LogP contribution in [0.5, 0.6) is 0 Å². The van der Waals surface area contributed by atoms with Gasteiger partial charge in [-0.1, -0.05) is 19.8 Å². The molecular formula is C9H17NO2. The second-order valence-corrected chi connectivity index (χ2v) is 3.29. The number of β-lactam (4-membered cyclic amide) rings is 1. The lowest BCUT2D eigenvalue weighted by atomic mass is 10.2. The number of amides is 1. The van der Waals surface area contributed by atoms with Crippen LogP contribution < -0.4 is 0 Å². The van der Waals surface area contributed by atoms with Crippen LogP contribution in [0.15, 0.2) is 0 Å². The lowest BCUT2D eigenvalue weighted by molar-refractivity contribution is -0.159. The molecule has 0 N–H and O–H groups in total. The Hall–Kier alpha value is -0.570. The monoisotopic (exact) mass is 171 g/mol. The Morgan fingerprint density at radius 2 is 2.33 bits per heavy atom. The van der Waals surface area contributed by atoms with Crippen molar-refractivity contribution in [1.82, 2.24) is 4.90 Å². The topological polar surface area (TPSA) is 29.5 Å². The van der Waals surface area contributed by atoms with E-state index in [4.69, 9.17) is 4.74 Å². The van der Waals surface area contributed by atoms with Crippen LogP contribution in [0.1, 0.15) is 26.2 Å². The van der Waals surface area contributed by atoms with E-state index in [1.165, 1.54) is 12.8 Å². The van der Waals surface area contributed by atoms with Gasteiger partial charge in [0.05, 0.1) is 6.54 Å². The smallest absolute Gasteiger partial charge is 0.253 e. The molecule has 3 nitrogen and oxygen atoms in total. The first-order valence-electron chi connectivity index (χ1n) is 4.62. The Morgan fingerprint density at radius 3 is 2.83 bits per heavy atom. The zero-order valence-electron chi connectivity index (χ0n) is 7.88. The van der Waals surface area contributed by atoms with E-state index in [0.29, 0.717) is 0 Å². The number of hydrogen-bond donors (Lipinski definition) is 0. The van der Waals surface area contributed by atoms with Crippen LogP contribution in [-0.4, -0.2) is 37.1 Å². The number of likely N-dealkylation sites (N-methyl/N-ethyl adjacent to an activating group) is 1. The highest BCUT2D eigenvalue weighted by molar-refractivity contribution is 5.86. The van der Waals surface area contributed by atoms with Crippen LogP contribution in [0, 0.1) is 0 Å². The number of rotatable bonds is 5. The highest BCUT2D eigenvalue weighted by atomic mass is 16.5. The molecule has 0 aromatic heterocycles. The molecule has 1 amide bonds. The number of ether oxygens (including phenoxy) is 1. The van der Waals surface area contributed by atoms with Gasteiger partial charge in [-0.25, -0.2) is 0 Å².